The molecule has 2 nitrogen and oxygen atoms in total. The maximum atomic E-state index is 12.2. The number of nitrogens with one attached hydrogen (secondary N) is 1. The predicted octanol–water partition coefficient (Wildman–Crippen LogP) is 3.90. The van der Waals surface area contributed by atoms with E-state index in [4.69, 9.17) is 5.11 Å². The lowest BCUT2D eigenvalue weighted by atomic mass is 10.1. The molecule has 0 heterocycles. The molecule has 21 heavy (non-hydrogen) atoms. The largest absolute Gasteiger partial charge is 0.393 e. The van der Waals surface area contributed by atoms with Gasteiger partial charge in [0.25, 0.3) is 0 Å². The van der Waals surface area contributed by atoms with Gasteiger partial charge >= 0.3 is 6.18 Å². The summed E-state index contributed by atoms with van der Waals surface area (Å²) in [5.41, 5.74) is 2.90. The normalized spacial score (nSPS) is 11.4. The number of rotatable bonds is 5. The van der Waals surface area contributed by atoms with Crippen LogP contribution in [0.15, 0.2) is 48.5 Å². The van der Waals surface area contributed by atoms with Crippen LogP contribution < -0.4 is 5.32 Å². The fourth-order valence-electron chi connectivity index (χ4n) is 1.94. The Hall–Kier alpha value is -2.01. The Morgan fingerprint density at radius 3 is 1.86 bits per heavy atom. The maximum Gasteiger partial charge on any atom is 0.393 e. The molecule has 0 saturated heterocycles. The van der Waals surface area contributed by atoms with Crippen LogP contribution in [0.2, 0.25) is 0 Å². The Kier molecular flexibility index (Phi) is 4.85. The standard InChI is InChI=1S/C16H16F3NO/c17-16(18,19)9-12-5-7-15(8-6-12)20-10-13-1-3-14(11-21)4-2-13/h1-8,20-21H,9-11H2. The topological polar surface area (TPSA) is 32.3 Å². The Morgan fingerprint density at radius 2 is 1.33 bits per heavy atom. The van der Waals surface area contributed by atoms with Crippen molar-refractivity contribution in [3.8, 4) is 0 Å². The molecule has 0 fully saturated rings. The lowest BCUT2D eigenvalue weighted by Gasteiger charge is -2.09. The van der Waals surface area contributed by atoms with E-state index >= 15 is 0 Å². The van der Waals surface area contributed by atoms with Crippen molar-refractivity contribution < 1.29 is 18.3 Å². The van der Waals surface area contributed by atoms with Gasteiger partial charge in [0, 0.05) is 12.2 Å². The summed E-state index contributed by atoms with van der Waals surface area (Å²) in [7, 11) is 0. The van der Waals surface area contributed by atoms with Crippen molar-refractivity contribution in [2.24, 2.45) is 0 Å². The van der Waals surface area contributed by atoms with Crippen LogP contribution in [-0.2, 0) is 19.6 Å². The van der Waals surface area contributed by atoms with Gasteiger partial charge in [-0.25, -0.2) is 0 Å². The first-order valence-electron chi connectivity index (χ1n) is 6.54. The minimum Gasteiger partial charge on any atom is -0.392 e. The van der Waals surface area contributed by atoms with E-state index in [-0.39, 0.29) is 12.2 Å². The third kappa shape index (κ3) is 5.11. The van der Waals surface area contributed by atoms with Gasteiger partial charge in [-0.2, -0.15) is 13.2 Å². The van der Waals surface area contributed by atoms with E-state index in [0.29, 0.717) is 6.54 Å². The van der Waals surface area contributed by atoms with Crippen LogP contribution in [0.4, 0.5) is 18.9 Å². The average molecular weight is 295 g/mol. The molecule has 0 aliphatic heterocycles. The molecule has 0 amide bonds. The lowest BCUT2D eigenvalue weighted by Crippen LogP contribution is -2.11. The van der Waals surface area contributed by atoms with Crippen LogP contribution in [-0.4, -0.2) is 11.3 Å². The number of hydrogen-bond donors (Lipinski definition) is 2. The monoisotopic (exact) mass is 295 g/mol. The second-order valence-electron chi connectivity index (χ2n) is 4.82. The second kappa shape index (κ2) is 6.63. The zero-order chi connectivity index (χ0) is 15.3. The number of aliphatic hydroxyl groups is 1. The molecule has 112 valence electrons. The summed E-state index contributed by atoms with van der Waals surface area (Å²) in [6.45, 7) is 0.582. The number of halogens is 3. The summed E-state index contributed by atoms with van der Waals surface area (Å²) in [4.78, 5) is 0. The van der Waals surface area contributed by atoms with E-state index in [9.17, 15) is 13.2 Å². The highest BCUT2D eigenvalue weighted by Gasteiger charge is 2.27. The van der Waals surface area contributed by atoms with E-state index in [1.54, 1.807) is 12.1 Å². The van der Waals surface area contributed by atoms with Crippen LogP contribution in [0.25, 0.3) is 0 Å². The molecular weight excluding hydrogens is 279 g/mol. The molecule has 0 unspecified atom stereocenters. The first-order valence-corrected chi connectivity index (χ1v) is 6.54. The molecule has 0 aliphatic rings. The summed E-state index contributed by atoms with van der Waals surface area (Å²) in [5, 5.41) is 12.1. The Balaban J connectivity index is 1.91. The Morgan fingerprint density at radius 1 is 0.810 bits per heavy atom. The van der Waals surface area contributed by atoms with E-state index in [2.05, 4.69) is 5.32 Å². The molecule has 0 atom stereocenters. The van der Waals surface area contributed by atoms with Crippen molar-refractivity contribution in [1.29, 1.82) is 0 Å². The van der Waals surface area contributed by atoms with Crippen molar-refractivity contribution in [2.75, 3.05) is 5.32 Å². The summed E-state index contributed by atoms with van der Waals surface area (Å²) >= 11 is 0. The zero-order valence-electron chi connectivity index (χ0n) is 11.3. The molecule has 2 N–H and O–H groups in total. The minimum absolute atomic E-state index is 0.00831. The van der Waals surface area contributed by atoms with Gasteiger partial charge in [-0.3, -0.25) is 0 Å². The smallest absolute Gasteiger partial charge is 0.392 e. The highest BCUT2D eigenvalue weighted by atomic mass is 19.4. The van der Waals surface area contributed by atoms with Gasteiger partial charge in [-0.1, -0.05) is 36.4 Å². The first kappa shape index (κ1) is 15.4. The molecule has 0 aromatic heterocycles. The van der Waals surface area contributed by atoms with Crippen LogP contribution in [0.5, 0.6) is 0 Å². The van der Waals surface area contributed by atoms with Gasteiger partial charge in [0.2, 0.25) is 0 Å². The van der Waals surface area contributed by atoms with Crippen molar-refractivity contribution in [3.63, 3.8) is 0 Å². The van der Waals surface area contributed by atoms with E-state index in [0.717, 1.165) is 16.8 Å². The van der Waals surface area contributed by atoms with Crippen molar-refractivity contribution in [2.45, 2.75) is 25.7 Å². The van der Waals surface area contributed by atoms with Crippen molar-refractivity contribution in [1.82, 2.24) is 0 Å². The molecule has 2 rings (SSSR count). The third-order valence-electron chi connectivity index (χ3n) is 3.06. The summed E-state index contributed by atoms with van der Waals surface area (Å²) in [6, 6.07) is 13.7. The highest BCUT2D eigenvalue weighted by Crippen LogP contribution is 2.22. The van der Waals surface area contributed by atoms with Gasteiger partial charge in [0.1, 0.15) is 0 Å². The molecule has 0 aliphatic carbocycles. The van der Waals surface area contributed by atoms with Crippen molar-refractivity contribution >= 4 is 5.69 Å². The number of anilines is 1. The molecule has 5 heteroatoms. The highest BCUT2D eigenvalue weighted by molar-refractivity contribution is 5.45. The van der Waals surface area contributed by atoms with Gasteiger partial charge < -0.3 is 10.4 Å². The predicted molar refractivity (Wildman–Crippen MR) is 75.9 cm³/mol. The van der Waals surface area contributed by atoms with Crippen LogP contribution in [0, 0.1) is 0 Å². The molecular formula is C16H16F3NO. The molecule has 0 spiro atoms. The Bertz CT molecular complexity index is 562. The molecule has 0 radical (unpaired) electrons. The minimum atomic E-state index is -4.18. The summed E-state index contributed by atoms with van der Waals surface area (Å²) < 4.78 is 36.7. The molecule has 2 aromatic carbocycles. The van der Waals surface area contributed by atoms with E-state index < -0.39 is 12.6 Å². The average Bonchev–Trinajstić information content (AvgIpc) is 2.45. The van der Waals surface area contributed by atoms with Crippen LogP contribution >= 0.6 is 0 Å². The molecule has 0 bridgehead atoms. The maximum absolute atomic E-state index is 12.2. The number of aliphatic hydroxyl groups excluding tert-OH is 1. The number of benzene rings is 2. The molecule has 0 saturated carbocycles. The van der Waals surface area contributed by atoms with E-state index in [1.165, 1.54) is 12.1 Å². The van der Waals surface area contributed by atoms with Gasteiger partial charge in [-0.05, 0) is 28.8 Å². The first-order chi connectivity index (χ1) is 9.96. The third-order valence-corrected chi connectivity index (χ3v) is 3.06. The van der Waals surface area contributed by atoms with Crippen molar-refractivity contribution in [3.05, 3.63) is 65.2 Å². The van der Waals surface area contributed by atoms with Gasteiger partial charge in [0.15, 0.2) is 0 Å². The number of alkyl halides is 3. The Labute approximate surface area is 121 Å². The van der Waals surface area contributed by atoms with Gasteiger partial charge in [-0.15, -0.1) is 0 Å². The van der Waals surface area contributed by atoms with Gasteiger partial charge in [0.05, 0.1) is 13.0 Å². The number of hydrogen-bond acceptors (Lipinski definition) is 2. The summed E-state index contributed by atoms with van der Waals surface area (Å²) in [5.74, 6) is 0. The van der Waals surface area contributed by atoms with E-state index in [1.807, 2.05) is 24.3 Å². The molecule has 2 aromatic rings. The fraction of sp³-hybridized carbons (Fsp3) is 0.250. The SMILES string of the molecule is OCc1ccc(CNc2ccc(CC(F)(F)F)cc2)cc1. The van der Waals surface area contributed by atoms with Crippen LogP contribution in [0.3, 0.4) is 0 Å². The zero-order valence-corrected chi connectivity index (χ0v) is 11.3. The second-order valence-corrected chi connectivity index (χ2v) is 4.82. The summed E-state index contributed by atoms with van der Waals surface area (Å²) in [6.07, 6.45) is -5.08. The lowest BCUT2D eigenvalue weighted by molar-refractivity contribution is -0.127. The van der Waals surface area contributed by atoms with Crippen LogP contribution in [0.1, 0.15) is 16.7 Å². The fourth-order valence-corrected chi connectivity index (χ4v) is 1.94. The quantitative estimate of drug-likeness (QED) is 0.877.